The number of nitrogens with zero attached hydrogens (tertiary/aromatic N) is 2. The topological polar surface area (TPSA) is 42.9 Å². The Morgan fingerprint density at radius 1 is 0.947 bits per heavy atom. The number of hydrogen-bond acceptors (Lipinski definition) is 3. The number of carbonyl (C=O) groups is 1. The molecule has 0 amide bonds. The molecule has 0 atom stereocenters. The molecule has 3 heteroatoms. The van der Waals surface area contributed by atoms with Crippen molar-refractivity contribution in [2.24, 2.45) is 0 Å². The molecule has 0 unspecified atom stereocenters. The van der Waals surface area contributed by atoms with E-state index >= 15 is 0 Å². The maximum absolute atomic E-state index is 12.4. The summed E-state index contributed by atoms with van der Waals surface area (Å²) >= 11 is 0. The molecule has 0 aliphatic rings. The van der Waals surface area contributed by atoms with E-state index in [9.17, 15) is 4.79 Å². The number of carbonyl (C=O) groups excluding carboxylic acids is 1. The SMILES string of the molecule is O=C(Cc1ccncc1)c1cccc2ccncc12. The van der Waals surface area contributed by atoms with Crippen LogP contribution in [0.1, 0.15) is 15.9 Å². The van der Waals surface area contributed by atoms with Crippen LogP contribution in [0.5, 0.6) is 0 Å². The van der Waals surface area contributed by atoms with Gasteiger partial charge in [-0.25, -0.2) is 0 Å². The zero-order valence-electron chi connectivity index (χ0n) is 10.3. The van der Waals surface area contributed by atoms with Crippen LogP contribution < -0.4 is 0 Å². The van der Waals surface area contributed by atoms with Crippen molar-refractivity contribution in [2.75, 3.05) is 0 Å². The van der Waals surface area contributed by atoms with Gasteiger partial charge in [0.25, 0.3) is 0 Å². The third kappa shape index (κ3) is 2.36. The molecular formula is C16H12N2O. The Morgan fingerprint density at radius 2 is 1.74 bits per heavy atom. The van der Waals surface area contributed by atoms with E-state index in [0.717, 1.165) is 21.9 Å². The van der Waals surface area contributed by atoms with Gasteiger partial charge in [0.2, 0.25) is 0 Å². The number of pyridine rings is 2. The summed E-state index contributed by atoms with van der Waals surface area (Å²) in [6.45, 7) is 0. The first-order valence-electron chi connectivity index (χ1n) is 6.09. The molecule has 3 aromatic rings. The average molecular weight is 248 g/mol. The summed E-state index contributed by atoms with van der Waals surface area (Å²) < 4.78 is 0. The molecule has 0 spiro atoms. The van der Waals surface area contributed by atoms with Gasteiger partial charge in [-0.15, -0.1) is 0 Å². The molecule has 2 heterocycles. The van der Waals surface area contributed by atoms with E-state index in [1.54, 1.807) is 24.8 Å². The number of Topliss-reactive ketones (excluding diaryl/α,β-unsaturated/α-hetero) is 1. The first-order valence-corrected chi connectivity index (χ1v) is 6.09. The summed E-state index contributed by atoms with van der Waals surface area (Å²) in [6.07, 6.45) is 7.27. The van der Waals surface area contributed by atoms with Crippen LogP contribution in [-0.2, 0) is 6.42 Å². The van der Waals surface area contributed by atoms with Gasteiger partial charge in [-0.1, -0.05) is 18.2 Å². The van der Waals surface area contributed by atoms with Crippen LogP contribution in [0.25, 0.3) is 10.8 Å². The predicted molar refractivity (Wildman–Crippen MR) is 74.0 cm³/mol. The van der Waals surface area contributed by atoms with Gasteiger partial charge >= 0.3 is 0 Å². The van der Waals surface area contributed by atoms with Crippen molar-refractivity contribution in [2.45, 2.75) is 6.42 Å². The second kappa shape index (κ2) is 4.98. The molecule has 0 saturated heterocycles. The highest BCUT2D eigenvalue weighted by molar-refractivity contribution is 6.08. The van der Waals surface area contributed by atoms with Crippen LogP contribution in [-0.4, -0.2) is 15.8 Å². The Bertz CT molecular complexity index is 718. The first kappa shape index (κ1) is 11.5. The first-order chi connectivity index (χ1) is 9.34. The van der Waals surface area contributed by atoms with Crippen LogP contribution in [0.3, 0.4) is 0 Å². The van der Waals surface area contributed by atoms with E-state index in [1.165, 1.54) is 0 Å². The minimum atomic E-state index is 0.102. The van der Waals surface area contributed by atoms with E-state index in [2.05, 4.69) is 9.97 Å². The second-order valence-electron chi connectivity index (χ2n) is 4.36. The van der Waals surface area contributed by atoms with Gasteiger partial charge < -0.3 is 0 Å². The van der Waals surface area contributed by atoms with Crippen LogP contribution in [0.15, 0.2) is 61.2 Å². The maximum atomic E-state index is 12.4. The van der Waals surface area contributed by atoms with Crippen LogP contribution in [0.4, 0.5) is 0 Å². The van der Waals surface area contributed by atoms with Crippen LogP contribution in [0.2, 0.25) is 0 Å². The third-order valence-electron chi connectivity index (χ3n) is 3.10. The molecule has 3 nitrogen and oxygen atoms in total. The predicted octanol–water partition coefficient (Wildman–Crippen LogP) is 3.06. The summed E-state index contributed by atoms with van der Waals surface area (Å²) in [6, 6.07) is 11.4. The number of rotatable bonds is 3. The summed E-state index contributed by atoms with van der Waals surface area (Å²) in [4.78, 5) is 20.4. The molecule has 0 bridgehead atoms. The lowest BCUT2D eigenvalue weighted by molar-refractivity contribution is 0.0994. The lowest BCUT2D eigenvalue weighted by atomic mass is 9.99. The van der Waals surface area contributed by atoms with E-state index < -0.39 is 0 Å². The monoisotopic (exact) mass is 248 g/mol. The minimum absolute atomic E-state index is 0.102. The summed E-state index contributed by atoms with van der Waals surface area (Å²) in [5.74, 6) is 0.102. The average Bonchev–Trinajstić information content (AvgIpc) is 2.47. The van der Waals surface area contributed by atoms with Crippen molar-refractivity contribution in [3.8, 4) is 0 Å². The summed E-state index contributed by atoms with van der Waals surface area (Å²) in [7, 11) is 0. The molecule has 0 fully saturated rings. The normalized spacial score (nSPS) is 10.5. The van der Waals surface area contributed by atoms with Crippen LogP contribution >= 0.6 is 0 Å². The molecule has 92 valence electrons. The molecule has 0 aliphatic carbocycles. The van der Waals surface area contributed by atoms with E-state index in [1.807, 2.05) is 36.4 Å². The largest absolute Gasteiger partial charge is 0.294 e. The Hall–Kier alpha value is -2.55. The second-order valence-corrected chi connectivity index (χ2v) is 4.36. The molecule has 0 radical (unpaired) electrons. The number of benzene rings is 1. The van der Waals surface area contributed by atoms with Gasteiger partial charge in [-0.3, -0.25) is 14.8 Å². The van der Waals surface area contributed by atoms with Gasteiger partial charge in [0.15, 0.2) is 5.78 Å². The van der Waals surface area contributed by atoms with Crippen molar-refractivity contribution in [1.82, 2.24) is 9.97 Å². The van der Waals surface area contributed by atoms with Gasteiger partial charge in [0, 0.05) is 42.2 Å². The van der Waals surface area contributed by atoms with Gasteiger partial charge in [0.05, 0.1) is 0 Å². The fourth-order valence-electron chi connectivity index (χ4n) is 2.14. The van der Waals surface area contributed by atoms with Gasteiger partial charge in [-0.2, -0.15) is 0 Å². The zero-order valence-corrected chi connectivity index (χ0v) is 10.3. The molecule has 0 saturated carbocycles. The quantitative estimate of drug-likeness (QED) is 0.669. The Labute approximate surface area is 111 Å². The minimum Gasteiger partial charge on any atom is -0.294 e. The van der Waals surface area contributed by atoms with E-state index in [-0.39, 0.29) is 5.78 Å². The van der Waals surface area contributed by atoms with Crippen LogP contribution in [0, 0.1) is 0 Å². The molecule has 3 rings (SSSR count). The zero-order chi connectivity index (χ0) is 13.1. The maximum Gasteiger partial charge on any atom is 0.167 e. The summed E-state index contributed by atoms with van der Waals surface area (Å²) in [5.41, 5.74) is 1.70. The number of fused-ring (bicyclic) bond motifs is 1. The number of hydrogen-bond donors (Lipinski definition) is 0. The van der Waals surface area contributed by atoms with E-state index in [0.29, 0.717) is 6.42 Å². The van der Waals surface area contributed by atoms with Gasteiger partial charge in [-0.05, 0) is 29.1 Å². The number of ketones is 1. The summed E-state index contributed by atoms with van der Waals surface area (Å²) in [5, 5.41) is 1.94. The molecule has 0 N–H and O–H groups in total. The molecule has 1 aromatic carbocycles. The van der Waals surface area contributed by atoms with E-state index in [4.69, 9.17) is 0 Å². The molecule has 0 aliphatic heterocycles. The highest BCUT2D eigenvalue weighted by Gasteiger charge is 2.10. The molecular weight excluding hydrogens is 236 g/mol. The highest BCUT2D eigenvalue weighted by Crippen LogP contribution is 2.19. The van der Waals surface area contributed by atoms with Crippen molar-refractivity contribution in [3.05, 3.63) is 72.3 Å². The van der Waals surface area contributed by atoms with Crippen molar-refractivity contribution in [1.29, 1.82) is 0 Å². The number of aromatic nitrogens is 2. The fraction of sp³-hybridized carbons (Fsp3) is 0.0625. The lowest BCUT2D eigenvalue weighted by Crippen LogP contribution is -2.04. The molecule has 2 aromatic heterocycles. The highest BCUT2D eigenvalue weighted by atomic mass is 16.1. The lowest BCUT2D eigenvalue weighted by Gasteiger charge is -2.05. The fourth-order valence-corrected chi connectivity index (χ4v) is 2.14. The Kier molecular flexibility index (Phi) is 3.02. The van der Waals surface area contributed by atoms with Crippen molar-refractivity contribution < 1.29 is 4.79 Å². The van der Waals surface area contributed by atoms with Crippen molar-refractivity contribution in [3.63, 3.8) is 0 Å². The van der Waals surface area contributed by atoms with Crippen molar-refractivity contribution >= 4 is 16.6 Å². The smallest absolute Gasteiger partial charge is 0.167 e. The Balaban J connectivity index is 1.98. The van der Waals surface area contributed by atoms with Gasteiger partial charge in [0.1, 0.15) is 0 Å². The standard InChI is InChI=1S/C16H12N2O/c19-16(10-12-4-7-17-8-5-12)14-3-1-2-13-6-9-18-11-15(13)14/h1-9,11H,10H2. The Morgan fingerprint density at radius 3 is 2.58 bits per heavy atom. The molecule has 19 heavy (non-hydrogen) atoms. The third-order valence-corrected chi connectivity index (χ3v) is 3.10.